The minimum atomic E-state index is -1.76. The summed E-state index contributed by atoms with van der Waals surface area (Å²) < 4.78 is 28.2. The smallest absolute Gasteiger partial charge is 0.208 e. The number of epoxide rings is 1. The molecule has 14 heavy (non-hydrogen) atoms. The molecule has 0 amide bonds. The van der Waals surface area contributed by atoms with Crippen molar-refractivity contribution in [3.05, 3.63) is 0 Å². The Kier molecular flexibility index (Phi) is 4.74. The van der Waals surface area contributed by atoms with Gasteiger partial charge in [-0.3, -0.25) is 0 Å². The van der Waals surface area contributed by atoms with Crippen molar-refractivity contribution in [1.29, 1.82) is 0 Å². The Morgan fingerprint density at radius 1 is 1.57 bits per heavy atom. The van der Waals surface area contributed by atoms with Crippen LogP contribution in [0.2, 0.25) is 0 Å². The normalized spacial score (nSPS) is 24.6. The molecule has 1 heterocycles. The summed E-state index contributed by atoms with van der Waals surface area (Å²) in [7, 11) is 0. The lowest BCUT2D eigenvalue weighted by Crippen LogP contribution is -2.26. The van der Waals surface area contributed by atoms with Gasteiger partial charge in [0, 0.05) is 13.0 Å². The number of aliphatic hydroxyl groups excluding tert-OH is 1. The summed E-state index contributed by atoms with van der Waals surface area (Å²) in [6.07, 6.45) is 0.211. The Bertz CT molecular complexity index is 159. The van der Waals surface area contributed by atoms with Gasteiger partial charge >= 0.3 is 0 Å². The monoisotopic (exact) mass is 208 g/mol. The van der Waals surface area contributed by atoms with Crippen molar-refractivity contribution in [3.63, 3.8) is 0 Å². The number of alkyl halides is 1. The topological polar surface area (TPSA) is 51.2 Å². The van der Waals surface area contributed by atoms with E-state index in [9.17, 15) is 4.39 Å². The minimum Gasteiger partial charge on any atom is -0.396 e. The Balaban J connectivity index is 1.90. The van der Waals surface area contributed by atoms with E-state index in [4.69, 9.17) is 19.3 Å². The second-order valence-electron chi connectivity index (χ2n) is 3.45. The maximum Gasteiger partial charge on any atom is 0.208 e. The molecule has 1 aliphatic rings. The maximum atomic E-state index is 13.2. The fourth-order valence-corrected chi connectivity index (χ4v) is 0.964. The van der Waals surface area contributed by atoms with Gasteiger partial charge in [0.25, 0.3) is 0 Å². The molecule has 1 saturated heterocycles. The van der Waals surface area contributed by atoms with Crippen molar-refractivity contribution in [3.8, 4) is 0 Å². The van der Waals surface area contributed by atoms with Crippen LogP contribution < -0.4 is 0 Å². The maximum absolute atomic E-state index is 13.2. The van der Waals surface area contributed by atoms with Gasteiger partial charge < -0.3 is 19.3 Å². The molecule has 0 radical (unpaired) electrons. The van der Waals surface area contributed by atoms with Gasteiger partial charge in [0.05, 0.1) is 26.4 Å². The molecule has 2 unspecified atom stereocenters. The van der Waals surface area contributed by atoms with E-state index >= 15 is 0 Å². The molecule has 5 heteroatoms. The largest absolute Gasteiger partial charge is 0.396 e. The van der Waals surface area contributed by atoms with Crippen LogP contribution in [0.1, 0.15) is 13.3 Å². The van der Waals surface area contributed by atoms with Crippen molar-refractivity contribution in [1.82, 2.24) is 0 Å². The molecule has 0 spiro atoms. The van der Waals surface area contributed by atoms with Crippen molar-refractivity contribution in [2.75, 3.05) is 33.0 Å². The standard InChI is InChI=1S/C9H17FO4/c1-9(10,2-3-11)14-5-4-12-6-8-7-13-8/h8,11H,2-7H2,1H3. The fourth-order valence-electron chi connectivity index (χ4n) is 0.964. The van der Waals surface area contributed by atoms with E-state index in [1.165, 1.54) is 6.92 Å². The average molecular weight is 208 g/mol. The van der Waals surface area contributed by atoms with E-state index in [0.29, 0.717) is 13.2 Å². The van der Waals surface area contributed by atoms with Gasteiger partial charge in [-0.1, -0.05) is 0 Å². The second-order valence-corrected chi connectivity index (χ2v) is 3.45. The van der Waals surface area contributed by atoms with E-state index in [0.717, 1.165) is 6.61 Å². The quantitative estimate of drug-likeness (QED) is 0.466. The third kappa shape index (κ3) is 5.49. The summed E-state index contributed by atoms with van der Waals surface area (Å²) in [6.45, 7) is 2.93. The van der Waals surface area contributed by atoms with Gasteiger partial charge in [-0.25, -0.2) is 4.39 Å². The van der Waals surface area contributed by atoms with Gasteiger partial charge in [0.15, 0.2) is 0 Å². The molecule has 0 aromatic carbocycles. The van der Waals surface area contributed by atoms with E-state index < -0.39 is 5.85 Å². The lowest BCUT2D eigenvalue weighted by atomic mass is 10.2. The average Bonchev–Trinajstić information content (AvgIpc) is 2.87. The summed E-state index contributed by atoms with van der Waals surface area (Å²) >= 11 is 0. The Hall–Kier alpha value is -0.230. The molecule has 84 valence electrons. The van der Waals surface area contributed by atoms with E-state index in [2.05, 4.69) is 0 Å². The molecule has 4 nitrogen and oxygen atoms in total. The highest BCUT2D eigenvalue weighted by molar-refractivity contribution is 4.67. The van der Waals surface area contributed by atoms with Crippen LogP contribution in [-0.2, 0) is 14.2 Å². The zero-order chi connectivity index (χ0) is 10.4. The van der Waals surface area contributed by atoms with Crippen LogP contribution >= 0.6 is 0 Å². The number of ether oxygens (including phenoxy) is 3. The van der Waals surface area contributed by atoms with Crippen molar-refractivity contribution in [2.45, 2.75) is 25.3 Å². The highest BCUT2D eigenvalue weighted by Gasteiger charge is 2.24. The van der Waals surface area contributed by atoms with Gasteiger partial charge in [0.1, 0.15) is 6.10 Å². The first kappa shape index (κ1) is 11.8. The van der Waals surface area contributed by atoms with Crippen molar-refractivity contribution < 1.29 is 23.7 Å². The predicted octanol–water partition coefficient (Wildman–Crippen LogP) is 0.486. The summed E-state index contributed by atoms with van der Waals surface area (Å²) in [4.78, 5) is 0. The Morgan fingerprint density at radius 2 is 2.29 bits per heavy atom. The van der Waals surface area contributed by atoms with Gasteiger partial charge in [-0.15, -0.1) is 0 Å². The summed E-state index contributed by atoms with van der Waals surface area (Å²) in [6, 6.07) is 0. The third-order valence-corrected chi connectivity index (χ3v) is 1.90. The molecule has 2 atom stereocenters. The molecule has 0 aliphatic carbocycles. The lowest BCUT2D eigenvalue weighted by Gasteiger charge is -2.19. The summed E-state index contributed by atoms with van der Waals surface area (Å²) in [5.74, 6) is -1.76. The summed E-state index contributed by atoms with van der Waals surface area (Å²) in [5.41, 5.74) is 0. The van der Waals surface area contributed by atoms with E-state index in [1.54, 1.807) is 0 Å². The molecule has 1 aliphatic heterocycles. The first-order chi connectivity index (χ1) is 6.64. The lowest BCUT2D eigenvalue weighted by molar-refractivity contribution is -0.151. The number of rotatable bonds is 8. The first-order valence-electron chi connectivity index (χ1n) is 4.77. The van der Waals surface area contributed by atoms with Crippen LogP contribution in [0.3, 0.4) is 0 Å². The van der Waals surface area contributed by atoms with E-state index in [-0.39, 0.29) is 25.7 Å². The second kappa shape index (κ2) is 5.60. The van der Waals surface area contributed by atoms with Crippen LogP contribution in [0.15, 0.2) is 0 Å². The van der Waals surface area contributed by atoms with Crippen LogP contribution in [0.25, 0.3) is 0 Å². The zero-order valence-electron chi connectivity index (χ0n) is 8.37. The number of halogens is 1. The predicted molar refractivity (Wildman–Crippen MR) is 47.7 cm³/mol. The SMILES string of the molecule is CC(F)(CCO)OCCOCC1CO1. The van der Waals surface area contributed by atoms with Crippen LogP contribution in [0.5, 0.6) is 0 Å². The molecule has 0 bridgehead atoms. The fraction of sp³-hybridized carbons (Fsp3) is 1.00. The molecular formula is C9H17FO4. The third-order valence-electron chi connectivity index (χ3n) is 1.90. The highest BCUT2D eigenvalue weighted by Crippen LogP contribution is 2.16. The highest BCUT2D eigenvalue weighted by atomic mass is 19.2. The molecule has 1 fully saturated rings. The molecule has 1 rings (SSSR count). The van der Waals surface area contributed by atoms with Gasteiger partial charge in [-0.2, -0.15) is 0 Å². The number of aliphatic hydroxyl groups is 1. The first-order valence-corrected chi connectivity index (χ1v) is 4.77. The Morgan fingerprint density at radius 3 is 2.86 bits per heavy atom. The Labute approximate surface area is 83.0 Å². The molecule has 0 saturated carbocycles. The number of hydrogen-bond donors (Lipinski definition) is 1. The van der Waals surface area contributed by atoms with Crippen LogP contribution in [-0.4, -0.2) is 50.1 Å². The zero-order valence-corrected chi connectivity index (χ0v) is 8.37. The van der Waals surface area contributed by atoms with Crippen LogP contribution in [0, 0.1) is 0 Å². The van der Waals surface area contributed by atoms with Crippen molar-refractivity contribution in [2.24, 2.45) is 0 Å². The molecular weight excluding hydrogens is 191 g/mol. The molecule has 0 aromatic rings. The number of hydrogen-bond acceptors (Lipinski definition) is 4. The van der Waals surface area contributed by atoms with E-state index in [1.807, 2.05) is 0 Å². The molecule has 0 aromatic heterocycles. The summed E-state index contributed by atoms with van der Waals surface area (Å²) in [5, 5.41) is 8.52. The van der Waals surface area contributed by atoms with Gasteiger partial charge in [0.2, 0.25) is 5.85 Å². The van der Waals surface area contributed by atoms with Crippen molar-refractivity contribution >= 4 is 0 Å². The van der Waals surface area contributed by atoms with Crippen LogP contribution in [0.4, 0.5) is 4.39 Å². The molecule has 1 N–H and O–H groups in total. The minimum absolute atomic E-state index is 0.0151. The van der Waals surface area contributed by atoms with Gasteiger partial charge in [-0.05, 0) is 6.92 Å².